The fourth-order valence-corrected chi connectivity index (χ4v) is 3.89. The van der Waals surface area contributed by atoms with E-state index in [0.29, 0.717) is 23.5 Å². The first-order chi connectivity index (χ1) is 16.2. The summed E-state index contributed by atoms with van der Waals surface area (Å²) in [7, 11) is 0. The van der Waals surface area contributed by atoms with Gasteiger partial charge in [-0.15, -0.1) is 0 Å². The van der Waals surface area contributed by atoms with E-state index in [4.69, 9.17) is 0 Å². The van der Waals surface area contributed by atoms with E-state index >= 15 is 0 Å². The highest BCUT2D eigenvalue weighted by Crippen LogP contribution is 2.21. The first-order valence-corrected chi connectivity index (χ1v) is 11.0. The number of aromatic nitrogens is 3. The molecule has 33 heavy (non-hydrogen) atoms. The number of halogens is 1. The van der Waals surface area contributed by atoms with E-state index in [0.717, 1.165) is 42.3 Å². The molecule has 1 aliphatic rings. The summed E-state index contributed by atoms with van der Waals surface area (Å²) in [4.78, 5) is 15.8. The zero-order valence-corrected chi connectivity index (χ0v) is 18.1. The number of nitrogens with zero attached hydrogens (tertiary/aromatic N) is 5. The highest BCUT2D eigenvalue weighted by Gasteiger charge is 2.16. The fraction of sp³-hybridized carbons (Fsp3) is 0.200. The molecule has 0 saturated carbocycles. The number of benzene rings is 3. The third-order valence-corrected chi connectivity index (χ3v) is 5.55. The molecule has 0 amide bonds. The van der Waals surface area contributed by atoms with Gasteiger partial charge in [-0.3, -0.25) is 0 Å². The Bertz CT molecular complexity index is 1260. The second-order valence-corrected chi connectivity index (χ2v) is 7.90. The predicted molar refractivity (Wildman–Crippen MR) is 131 cm³/mol. The Morgan fingerprint density at radius 1 is 0.818 bits per heavy atom. The van der Waals surface area contributed by atoms with Gasteiger partial charge in [0.15, 0.2) is 0 Å². The van der Waals surface area contributed by atoms with Crippen molar-refractivity contribution >= 4 is 40.5 Å². The van der Waals surface area contributed by atoms with E-state index in [-0.39, 0.29) is 5.82 Å². The molecule has 0 aliphatic carbocycles. The van der Waals surface area contributed by atoms with Crippen LogP contribution >= 0.6 is 0 Å². The van der Waals surface area contributed by atoms with E-state index in [1.165, 1.54) is 18.6 Å². The normalized spacial score (nSPS) is 14.0. The summed E-state index contributed by atoms with van der Waals surface area (Å²) in [5.74, 6) is 1.01. The summed E-state index contributed by atoms with van der Waals surface area (Å²) < 4.78 is 13.3. The molecule has 2 heterocycles. The Kier molecular flexibility index (Phi) is 6.06. The number of rotatable bonds is 6. The second kappa shape index (κ2) is 9.60. The molecule has 0 unspecified atom stereocenters. The maximum Gasteiger partial charge on any atom is 0.250 e. The molecule has 1 aromatic heterocycles. The third-order valence-electron chi connectivity index (χ3n) is 5.55. The van der Waals surface area contributed by atoms with Crippen LogP contribution in [-0.4, -0.2) is 34.3 Å². The van der Waals surface area contributed by atoms with Crippen molar-refractivity contribution in [1.82, 2.24) is 15.0 Å². The number of piperidine rings is 1. The van der Waals surface area contributed by atoms with Crippen molar-refractivity contribution in [2.45, 2.75) is 19.3 Å². The quantitative estimate of drug-likeness (QED) is 0.310. The van der Waals surface area contributed by atoms with Crippen LogP contribution in [0.25, 0.3) is 10.8 Å². The van der Waals surface area contributed by atoms with Crippen LogP contribution in [0.1, 0.15) is 24.8 Å². The van der Waals surface area contributed by atoms with Crippen molar-refractivity contribution in [3.05, 3.63) is 78.1 Å². The lowest BCUT2D eigenvalue weighted by Crippen LogP contribution is -2.31. The summed E-state index contributed by atoms with van der Waals surface area (Å²) in [5.41, 5.74) is 4.64. The van der Waals surface area contributed by atoms with E-state index in [1.807, 2.05) is 24.3 Å². The van der Waals surface area contributed by atoms with Crippen molar-refractivity contribution in [2.24, 2.45) is 5.10 Å². The van der Waals surface area contributed by atoms with Gasteiger partial charge in [-0.1, -0.05) is 42.5 Å². The van der Waals surface area contributed by atoms with Gasteiger partial charge in [-0.25, -0.2) is 9.82 Å². The summed E-state index contributed by atoms with van der Waals surface area (Å²) >= 11 is 0. The molecular formula is C25H24FN7. The Labute approximate surface area is 191 Å². The molecule has 8 heteroatoms. The van der Waals surface area contributed by atoms with Gasteiger partial charge in [0.25, 0.3) is 0 Å². The molecule has 4 aromatic rings. The average molecular weight is 442 g/mol. The summed E-state index contributed by atoms with van der Waals surface area (Å²) in [6.07, 6.45) is 5.19. The lowest BCUT2D eigenvalue weighted by molar-refractivity contribution is 0.568. The first kappa shape index (κ1) is 20.8. The molecule has 166 valence electrons. The van der Waals surface area contributed by atoms with Crippen LogP contribution in [0.3, 0.4) is 0 Å². The van der Waals surface area contributed by atoms with Gasteiger partial charge in [0.1, 0.15) is 5.82 Å². The molecule has 3 aromatic carbocycles. The highest BCUT2D eigenvalue weighted by atomic mass is 19.1. The topological polar surface area (TPSA) is 78.3 Å². The summed E-state index contributed by atoms with van der Waals surface area (Å²) in [6, 6.07) is 20.3. The van der Waals surface area contributed by atoms with Gasteiger partial charge in [-0.05, 0) is 54.3 Å². The highest BCUT2D eigenvalue weighted by molar-refractivity contribution is 5.99. The van der Waals surface area contributed by atoms with E-state index in [2.05, 4.69) is 53.9 Å². The Balaban J connectivity index is 1.41. The number of nitrogens with one attached hydrogen (secondary N) is 2. The molecule has 7 nitrogen and oxygen atoms in total. The molecule has 1 aliphatic heterocycles. The zero-order valence-electron chi connectivity index (χ0n) is 18.1. The van der Waals surface area contributed by atoms with Crippen LogP contribution in [0.15, 0.2) is 71.8 Å². The van der Waals surface area contributed by atoms with E-state index in [1.54, 1.807) is 18.3 Å². The molecule has 0 radical (unpaired) electrons. The number of hydrogen-bond donors (Lipinski definition) is 2. The van der Waals surface area contributed by atoms with Crippen LogP contribution < -0.4 is 15.6 Å². The average Bonchev–Trinajstić information content (AvgIpc) is 2.86. The van der Waals surface area contributed by atoms with Gasteiger partial charge < -0.3 is 10.2 Å². The Morgan fingerprint density at radius 2 is 1.58 bits per heavy atom. The fourth-order valence-electron chi connectivity index (χ4n) is 3.89. The van der Waals surface area contributed by atoms with Gasteiger partial charge in [-0.2, -0.15) is 20.1 Å². The van der Waals surface area contributed by atoms with Crippen molar-refractivity contribution in [2.75, 3.05) is 28.7 Å². The van der Waals surface area contributed by atoms with E-state index < -0.39 is 0 Å². The van der Waals surface area contributed by atoms with Gasteiger partial charge in [0.2, 0.25) is 17.8 Å². The molecule has 2 N–H and O–H groups in total. The van der Waals surface area contributed by atoms with Gasteiger partial charge in [0.05, 0.1) is 6.21 Å². The SMILES string of the molecule is Fc1ccc(Nc2nc(N/N=C\c3cccc4ccccc34)nc(N3CCCCC3)n2)cc1. The second-order valence-electron chi connectivity index (χ2n) is 7.90. The molecule has 0 spiro atoms. The number of hydrazone groups is 1. The van der Waals surface area contributed by atoms with Crippen molar-refractivity contribution in [1.29, 1.82) is 0 Å². The van der Waals surface area contributed by atoms with Gasteiger partial charge in [0, 0.05) is 24.3 Å². The van der Waals surface area contributed by atoms with Gasteiger partial charge >= 0.3 is 0 Å². The maximum atomic E-state index is 13.3. The van der Waals surface area contributed by atoms with Crippen LogP contribution in [0.5, 0.6) is 0 Å². The Hall–Kier alpha value is -4.07. The minimum absolute atomic E-state index is 0.296. The lowest BCUT2D eigenvalue weighted by atomic mass is 10.1. The van der Waals surface area contributed by atoms with Crippen molar-refractivity contribution < 1.29 is 4.39 Å². The first-order valence-electron chi connectivity index (χ1n) is 11.0. The molecule has 0 bridgehead atoms. The maximum absolute atomic E-state index is 13.3. The molecular weight excluding hydrogens is 417 g/mol. The largest absolute Gasteiger partial charge is 0.341 e. The van der Waals surface area contributed by atoms with Crippen LogP contribution in [0, 0.1) is 5.82 Å². The third kappa shape index (κ3) is 5.06. The monoisotopic (exact) mass is 441 g/mol. The van der Waals surface area contributed by atoms with Crippen LogP contribution in [0.2, 0.25) is 0 Å². The standard InChI is InChI=1S/C25H24FN7/c26-20-11-13-21(14-12-20)28-23-29-24(31-25(30-23)33-15-4-1-5-16-33)32-27-17-19-9-6-8-18-7-2-3-10-22(18)19/h2-3,6-14,17H,1,4-5,15-16H2,(H2,28,29,30,31,32)/b27-17-. The van der Waals surface area contributed by atoms with Crippen LogP contribution in [0.4, 0.5) is 27.9 Å². The Morgan fingerprint density at radius 3 is 2.42 bits per heavy atom. The lowest BCUT2D eigenvalue weighted by Gasteiger charge is -2.26. The molecule has 0 atom stereocenters. The number of fused-ring (bicyclic) bond motifs is 1. The smallest absolute Gasteiger partial charge is 0.250 e. The summed E-state index contributed by atoms with van der Waals surface area (Å²) in [5, 5.41) is 9.79. The zero-order chi connectivity index (χ0) is 22.5. The molecule has 1 saturated heterocycles. The minimum atomic E-state index is -0.296. The molecule has 1 fully saturated rings. The molecule has 5 rings (SSSR count). The van der Waals surface area contributed by atoms with Crippen molar-refractivity contribution in [3.63, 3.8) is 0 Å². The minimum Gasteiger partial charge on any atom is -0.341 e. The number of anilines is 4. The van der Waals surface area contributed by atoms with E-state index in [9.17, 15) is 4.39 Å². The predicted octanol–water partition coefficient (Wildman–Crippen LogP) is 5.34. The number of hydrogen-bond acceptors (Lipinski definition) is 7. The van der Waals surface area contributed by atoms with Crippen molar-refractivity contribution in [3.8, 4) is 0 Å². The van der Waals surface area contributed by atoms with Crippen LogP contribution in [-0.2, 0) is 0 Å². The summed E-state index contributed by atoms with van der Waals surface area (Å²) in [6.45, 7) is 1.80.